The van der Waals surface area contributed by atoms with Crippen LogP contribution in [0.25, 0.3) is 0 Å². The number of hydrogen-bond donors (Lipinski definition) is 3. The van der Waals surface area contributed by atoms with Crippen LogP contribution in [0.5, 0.6) is 23.0 Å². The molecule has 0 saturated carbocycles. The van der Waals surface area contributed by atoms with E-state index in [4.69, 9.17) is 23.7 Å². The molecule has 0 fully saturated rings. The molecule has 1 heterocycles. The molecule has 0 aliphatic carbocycles. The van der Waals surface area contributed by atoms with E-state index in [9.17, 15) is 24.5 Å². The second-order valence-electron chi connectivity index (χ2n) is 10.0. The van der Waals surface area contributed by atoms with Gasteiger partial charge in [0.15, 0.2) is 29.6 Å². The Labute approximate surface area is 283 Å². The fraction of sp³-hybridized carbons (Fsp3) is 0.250. The number of benzene rings is 3. The second-order valence-corrected chi connectivity index (χ2v) is 10.9. The Kier molecular flexibility index (Phi) is 11.9. The zero-order valence-electron chi connectivity index (χ0n) is 26.3. The molecular weight excluding hydrogens is 694 g/mol. The summed E-state index contributed by atoms with van der Waals surface area (Å²) in [5, 5.41) is 20.3. The fourth-order valence-corrected chi connectivity index (χ4v) is 5.07. The van der Waals surface area contributed by atoms with Crippen LogP contribution in [0, 0.1) is 10.1 Å². The van der Waals surface area contributed by atoms with Gasteiger partial charge < -0.3 is 34.3 Å². The second kappa shape index (κ2) is 16.3. The highest BCUT2D eigenvalue weighted by Gasteiger charge is 2.32. The molecule has 15 nitrogen and oxygen atoms in total. The molecule has 3 aromatic rings. The first kappa shape index (κ1) is 35.2. The van der Waals surface area contributed by atoms with Crippen molar-refractivity contribution in [3.05, 3.63) is 97.1 Å². The third-order valence-electron chi connectivity index (χ3n) is 6.84. The Morgan fingerprint density at radius 2 is 1.77 bits per heavy atom. The van der Waals surface area contributed by atoms with Crippen molar-refractivity contribution in [1.82, 2.24) is 16.1 Å². The maximum Gasteiger partial charge on any atom is 0.338 e. The minimum Gasteiger partial charge on any atom is -0.493 e. The normalized spacial score (nSPS) is 14.1. The third kappa shape index (κ3) is 8.79. The van der Waals surface area contributed by atoms with Crippen LogP contribution in [0.4, 0.5) is 10.5 Å². The number of hydrogen-bond acceptors (Lipinski definition) is 11. The molecule has 3 N–H and O–H groups in total. The predicted molar refractivity (Wildman–Crippen MR) is 176 cm³/mol. The molecule has 1 atom stereocenters. The summed E-state index contributed by atoms with van der Waals surface area (Å²) in [6.45, 7) is 3.12. The summed E-state index contributed by atoms with van der Waals surface area (Å²) in [6, 6.07) is 12.8. The summed E-state index contributed by atoms with van der Waals surface area (Å²) < 4.78 is 28.4. The van der Waals surface area contributed by atoms with Gasteiger partial charge in [0.1, 0.15) is 6.61 Å². The lowest BCUT2D eigenvalue weighted by Gasteiger charge is -2.28. The van der Waals surface area contributed by atoms with Crippen LogP contribution in [-0.4, -0.2) is 56.5 Å². The summed E-state index contributed by atoms with van der Waals surface area (Å²) >= 11 is 3.41. The molecular formula is C32H32BrN5O10. The van der Waals surface area contributed by atoms with Crippen molar-refractivity contribution in [2.45, 2.75) is 26.5 Å². The number of urea groups is 1. The van der Waals surface area contributed by atoms with Crippen LogP contribution in [-0.2, 0) is 20.9 Å². The summed E-state index contributed by atoms with van der Waals surface area (Å²) in [5.41, 5.74) is 4.65. The molecule has 0 aromatic heterocycles. The summed E-state index contributed by atoms with van der Waals surface area (Å²) in [5.74, 6) is 0.0578. The maximum atomic E-state index is 12.6. The molecule has 16 heteroatoms. The highest BCUT2D eigenvalue weighted by molar-refractivity contribution is 9.10. The van der Waals surface area contributed by atoms with E-state index in [1.807, 2.05) is 0 Å². The van der Waals surface area contributed by atoms with Crippen LogP contribution < -0.4 is 35.0 Å². The molecule has 1 aliphatic rings. The number of ether oxygens (including phenoxy) is 5. The Hall–Kier alpha value is -5.64. The molecule has 0 unspecified atom stereocenters. The first-order chi connectivity index (χ1) is 23.0. The quantitative estimate of drug-likeness (QED) is 0.0911. The minimum absolute atomic E-state index is 0.0349. The number of nitro groups is 1. The number of carbonyl (C=O) groups excluding carboxylic acids is 3. The number of nitrogens with one attached hydrogen (secondary N) is 3. The lowest BCUT2D eigenvalue weighted by atomic mass is 9.95. The van der Waals surface area contributed by atoms with Crippen molar-refractivity contribution in [2.24, 2.45) is 5.10 Å². The summed E-state index contributed by atoms with van der Waals surface area (Å²) in [6.07, 6.45) is 1.37. The molecule has 4 rings (SSSR count). The Morgan fingerprint density at radius 1 is 1.04 bits per heavy atom. The van der Waals surface area contributed by atoms with Gasteiger partial charge in [-0.2, -0.15) is 5.10 Å². The van der Waals surface area contributed by atoms with E-state index >= 15 is 0 Å². The van der Waals surface area contributed by atoms with Gasteiger partial charge in [-0.25, -0.2) is 15.0 Å². The smallest absolute Gasteiger partial charge is 0.338 e. The number of non-ortho nitro benzene ring substituents is 1. The van der Waals surface area contributed by atoms with Gasteiger partial charge in [-0.3, -0.25) is 14.9 Å². The van der Waals surface area contributed by atoms with Crippen molar-refractivity contribution < 1.29 is 43.0 Å². The number of methoxy groups -OCH3 is 2. The van der Waals surface area contributed by atoms with Crippen LogP contribution in [0.2, 0.25) is 0 Å². The van der Waals surface area contributed by atoms with Gasteiger partial charge in [0.05, 0.1) is 43.6 Å². The number of amides is 3. The first-order valence-electron chi connectivity index (χ1n) is 14.4. The predicted octanol–water partition coefficient (Wildman–Crippen LogP) is 4.67. The molecule has 48 heavy (non-hydrogen) atoms. The first-order valence-corrected chi connectivity index (χ1v) is 15.2. The average molecular weight is 727 g/mol. The van der Waals surface area contributed by atoms with Crippen LogP contribution in [0.15, 0.2) is 75.4 Å². The van der Waals surface area contributed by atoms with Crippen LogP contribution in [0.3, 0.4) is 0 Å². The molecule has 3 aromatic carbocycles. The third-order valence-corrected chi connectivity index (χ3v) is 7.29. The Bertz CT molecular complexity index is 1760. The zero-order chi connectivity index (χ0) is 34.8. The topological polar surface area (TPSA) is 189 Å². The Morgan fingerprint density at radius 3 is 2.44 bits per heavy atom. The van der Waals surface area contributed by atoms with Crippen molar-refractivity contribution in [3.8, 4) is 23.0 Å². The number of rotatable bonds is 14. The van der Waals surface area contributed by atoms with Crippen molar-refractivity contribution in [1.29, 1.82) is 0 Å². The largest absolute Gasteiger partial charge is 0.493 e. The maximum absolute atomic E-state index is 12.6. The standard InChI is InChI=1S/C32H32BrN5O10/c1-5-46-31(40)28-18(2)35-32(41)36-29(28)20-8-11-24(25(13-20)44-3)47-17-27(39)37-34-15-21-12-22(33)14-26(45-4)30(21)48-16-19-6-9-23(10-7-19)38(42)43/h6-15,29H,5,16-17H2,1-4H3,(H,37,39)(H2,35,36,41)/b34-15+/t29-/m1/s1. The lowest BCUT2D eigenvalue weighted by molar-refractivity contribution is -0.384. The van der Waals surface area contributed by atoms with Gasteiger partial charge in [0.25, 0.3) is 11.6 Å². The van der Waals surface area contributed by atoms with E-state index < -0.39 is 35.5 Å². The SMILES string of the molecule is CCOC(=O)C1=C(C)NC(=O)N[C@@H]1c1ccc(OCC(=O)N/N=C/c2cc(Br)cc(OC)c2OCc2ccc([N+](=O)[O-])cc2)c(OC)c1. The molecule has 252 valence electrons. The number of carbonyl (C=O) groups is 3. The van der Waals surface area contributed by atoms with E-state index in [1.54, 1.807) is 56.3 Å². The highest BCUT2D eigenvalue weighted by atomic mass is 79.9. The summed E-state index contributed by atoms with van der Waals surface area (Å²) in [7, 11) is 2.89. The van der Waals surface area contributed by atoms with Gasteiger partial charge in [-0.05, 0) is 61.4 Å². The van der Waals surface area contributed by atoms with Gasteiger partial charge in [0.2, 0.25) is 0 Å². The molecule has 0 spiro atoms. The van der Waals surface area contributed by atoms with E-state index in [0.29, 0.717) is 38.4 Å². The molecule has 0 radical (unpaired) electrons. The monoisotopic (exact) mass is 725 g/mol. The number of esters is 1. The zero-order valence-corrected chi connectivity index (χ0v) is 27.9. The van der Waals surface area contributed by atoms with E-state index in [-0.39, 0.29) is 36.0 Å². The van der Waals surface area contributed by atoms with Crippen molar-refractivity contribution >= 4 is 45.7 Å². The average Bonchev–Trinajstić information content (AvgIpc) is 3.06. The van der Waals surface area contributed by atoms with E-state index in [1.165, 1.54) is 32.6 Å². The van der Waals surface area contributed by atoms with E-state index in [2.05, 4.69) is 37.1 Å². The van der Waals surface area contributed by atoms with Crippen LogP contribution >= 0.6 is 15.9 Å². The number of halogens is 1. The molecule has 0 bridgehead atoms. The fourth-order valence-electron chi connectivity index (χ4n) is 4.62. The highest BCUT2D eigenvalue weighted by Crippen LogP contribution is 2.36. The van der Waals surface area contributed by atoms with Crippen molar-refractivity contribution in [2.75, 3.05) is 27.4 Å². The number of nitro benzene ring substituents is 1. The lowest BCUT2D eigenvalue weighted by Crippen LogP contribution is -2.45. The molecule has 3 amide bonds. The van der Waals surface area contributed by atoms with Crippen molar-refractivity contribution in [3.63, 3.8) is 0 Å². The van der Waals surface area contributed by atoms with Crippen LogP contribution in [0.1, 0.15) is 36.6 Å². The molecule has 1 aliphatic heterocycles. The minimum atomic E-state index is -0.807. The Balaban J connectivity index is 1.42. The van der Waals surface area contributed by atoms with E-state index in [0.717, 1.165) is 0 Å². The number of nitrogens with zero attached hydrogens (tertiary/aromatic N) is 2. The van der Waals surface area contributed by atoms with Gasteiger partial charge in [-0.15, -0.1) is 0 Å². The number of hydrazone groups is 1. The van der Waals surface area contributed by atoms with Gasteiger partial charge in [0, 0.05) is 27.9 Å². The number of allylic oxidation sites excluding steroid dienone is 1. The summed E-state index contributed by atoms with van der Waals surface area (Å²) in [4.78, 5) is 47.9. The molecule has 0 saturated heterocycles. The van der Waals surface area contributed by atoms with Gasteiger partial charge >= 0.3 is 12.0 Å². The van der Waals surface area contributed by atoms with Gasteiger partial charge in [-0.1, -0.05) is 22.0 Å².